The molecule has 0 aliphatic heterocycles. The first-order valence-electron chi connectivity index (χ1n) is 9.12. The third-order valence-corrected chi connectivity index (χ3v) is 7.23. The molecule has 3 unspecified atom stereocenters. The molecule has 3 rings (SSSR count). The Balaban J connectivity index is 1.61. The number of nitrogens with zero attached hydrogens (tertiary/aromatic N) is 1. The maximum Gasteiger partial charge on any atom is 0.347 e. The van der Waals surface area contributed by atoms with Crippen molar-refractivity contribution in [3.63, 3.8) is 0 Å². The third-order valence-electron chi connectivity index (χ3n) is 5.06. The summed E-state index contributed by atoms with van der Waals surface area (Å²) in [5.41, 5.74) is 1.92. The van der Waals surface area contributed by atoms with Crippen molar-refractivity contribution >= 4 is 34.9 Å². The summed E-state index contributed by atoms with van der Waals surface area (Å²) in [6, 6.07) is 7.79. The van der Waals surface area contributed by atoms with E-state index in [4.69, 9.17) is 5.11 Å². The quantitative estimate of drug-likeness (QED) is 0.628. The van der Waals surface area contributed by atoms with Gasteiger partial charge in [-0.05, 0) is 36.3 Å². The van der Waals surface area contributed by atoms with Crippen LogP contribution in [0.3, 0.4) is 0 Å². The number of carbonyl (C=O) groups is 2. The fourth-order valence-corrected chi connectivity index (χ4v) is 5.53. The van der Waals surface area contributed by atoms with Gasteiger partial charge in [0, 0.05) is 18.1 Å². The first-order chi connectivity index (χ1) is 13.0. The third kappa shape index (κ3) is 4.78. The zero-order valence-corrected chi connectivity index (χ0v) is 16.8. The normalized spacial score (nSPS) is 20.7. The molecule has 27 heavy (non-hydrogen) atoms. The van der Waals surface area contributed by atoms with Crippen LogP contribution in [0.2, 0.25) is 0 Å². The van der Waals surface area contributed by atoms with Gasteiger partial charge in [0.1, 0.15) is 10.7 Å². The highest BCUT2D eigenvalue weighted by molar-refractivity contribution is 8.01. The Morgan fingerprint density at radius 3 is 2.74 bits per heavy atom. The van der Waals surface area contributed by atoms with Crippen LogP contribution in [0.1, 0.15) is 65.4 Å². The van der Waals surface area contributed by atoms with Crippen molar-refractivity contribution in [1.29, 1.82) is 0 Å². The minimum absolute atomic E-state index is 0.0794. The van der Waals surface area contributed by atoms with E-state index in [1.165, 1.54) is 17.5 Å². The number of aromatic carboxylic acids is 1. The van der Waals surface area contributed by atoms with Crippen molar-refractivity contribution in [2.45, 2.75) is 49.0 Å². The number of Topliss-reactive ketones (excluding diaryl/α,β-unsaturated/α-hetero) is 1. The van der Waals surface area contributed by atoms with Crippen molar-refractivity contribution in [2.75, 3.05) is 5.75 Å². The van der Waals surface area contributed by atoms with Crippen LogP contribution in [-0.2, 0) is 4.79 Å². The fraction of sp³-hybridized carbons (Fsp3) is 0.450. The highest BCUT2D eigenvalue weighted by atomic mass is 32.2. The Morgan fingerprint density at radius 1 is 1.37 bits per heavy atom. The smallest absolute Gasteiger partial charge is 0.347 e. The minimum Gasteiger partial charge on any atom is -0.477 e. The standard InChI is InChI=1S/C20H23NO4S2/c1-2-15(22)12-3-5-13(6-4-12)18-14(7-8-16(18)23)9-10-26-20-21-11-17(27-20)19(24)25/h3-6,11,14-15,18,22H,2,7-10H2,1H3,(H,24,25). The van der Waals surface area contributed by atoms with E-state index < -0.39 is 12.1 Å². The molecular formula is C20H23NO4S2. The number of hydrogen-bond acceptors (Lipinski definition) is 6. The van der Waals surface area contributed by atoms with Crippen LogP contribution in [0.5, 0.6) is 0 Å². The summed E-state index contributed by atoms with van der Waals surface area (Å²) >= 11 is 2.74. The molecular weight excluding hydrogens is 382 g/mol. The van der Waals surface area contributed by atoms with Gasteiger partial charge < -0.3 is 10.2 Å². The van der Waals surface area contributed by atoms with Gasteiger partial charge in [0.2, 0.25) is 0 Å². The second-order valence-electron chi connectivity index (χ2n) is 6.77. The Labute approximate surface area is 166 Å². The largest absolute Gasteiger partial charge is 0.477 e. The Morgan fingerprint density at radius 2 is 2.11 bits per heavy atom. The van der Waals surface area contributed by atoms with Crippen LogP contribution in [0.25, 0.3) is 0 Å². The van der Waals surface area contributed by atoms with Crippen molar-refractivity contribution in [3.8, 4) is 0 Å². The monoisotopic (exact) mass is 405 g/mol. The van der Waals surface area contributed by atoms with Gasteiger partial charge in [-0.2, -0.15) is 0 Å². The summed E-state index contributed by atoms with van der Waals surface area (Å²) in [4.78, 5) is 27.8. The average Bonchev–Trinajstić information content (AvgIpc) is 3.28. The topological polar surface area (TPSA) is 87.5 Å². The lowest BCUT2D eigenvalue weighted by atomic mass is 9.86. The van der Waals surface area contributed by atoms with Gasteiger partial charge in [-0.25, -0.2) is 9.78 Å². The van der Waals surface area contributed by atoms with Gasteiger partial charge in [0.15, 0.2) is 4.34 Å². The summed E-state index contributed by atoms with van der Waals surface area (Å²) in [5, 5.41) is 18.9. The molecule has 144 valence electrons. The number of rotatable bonds is 8. The Bertz CT molecular complexity index is 803. The number of carbonyl (C=O) groups excluding carboxylic acids is 1. The second-order valence-corrected chi connectivity index (χ2v) is 9.14. The summed E-state index contributed by atoms with van der Waals surface area (Å²) < 4.78 is 0.756. The highest BCUT2D eigenvalue weighted by Crippen LogP contribution is 2.40. The molecule has 0 bridgehead atoms. The Hall–Kier alpha value is -1.70. The number of hydrogen-bond donors (Lipinski definition) is 2. The molecule has 0 amide bonds. The van der Waals surface area contributed by atoms with Crippen LogP contribution in [0, 0.1) is 5.92 Å². The molecule has 1 saturated carbocycles. The summed E-state index contributed by atoms with van der Waals surface area (Å²) in [6.07, 6.45) is 3.99. The van der Waals surface area contributed by atoms with Crippen LogP contribution < -0.4 is 0 Å². The fourth-order valence-electron chi connectivity index (χ4n) is 3.56. The van der Waals surface area contributed by atoms with Gasteiger partial charge in [-0.1, -0.05) is 43.0 Å². The van der Waals surface area contributed by atoms with Gasteiger partial charge in [0.05, 0.1) is 12.3 Å². The maximum absolute atomic E-state index is 12.4. The molecule has 1 heterocycles. The van der Waals surface area contributed by atoms with E-state index in [-0.39, 0.29) is 16.6 Å². The summed E-state index contributed by atoms with van der Waals surface area (Å²) in [7, 11) is 0. The molecule has 1 aliphatic carbocycles. The lowest BCUT2D eigenvalue weighted by molar-refractivity contribution is -0.119. The molecule has 5 nitrogen and oxygen atoms in total. The zero-order chi connectivity index (χ0) is 19.4. The van der Waals surface area contributed by atoms with Crippen LogP contribution >= 0.6 is 23.1 Å². The molecule has 1 aromatic heterocycles. The first-order valence-corrected chi connectivity index (χ1v) is 10.9. The van der Waals surface area contributed by atoms with E-state index in [2.05, 4.69) is 4.98 Å². The summed E-state index contributed by atoms with van der Waals surface area (Å²) in [6.45, 7) is 1.94. The van der Waals surface area contributed by atoms with Crippen molar-refractivity contribution in [1.82, 2.24) is 4.98 Å². The van der Waals surface area contributed by atoms with E-state index in [0.29, 0.717) is 18.8 Å². The molecule has 1 aliphatic rings. The SMILES string of the molecule is CCC(O)c1ccc(C2C(=O)CCC2CCSc2ncc(C(=O)O)s2)cc1. The van der Waals surface area contributed by atoms with Crippen LogP contribution in [0.4, 0.5) is 0 Å². The molecule has 0 radical (unpaired) electrons. The number of aliphatic hydroxyl groups is 1. The zero-order valence-electron chi connectivity index (χ0n) is 15.1. The van der Waals surface area contributed by atoms with Gasteiger partial charge in [-0.15, -0.1) is 11.3 Å². The molecule has 0 saturated heterocycles. The molecule has 0 spiro atoms. The highest BCUT2D eigenvalue weighted by Gasteiger charge is 2.35. The van der Waals surface area contributed by atoms with E-state index in [0.717, 1.165) is 34.1 Å². The maximum atomic E-state index is 12.4. The van der Waals surface area contributed by atoms with E-state index >= 15 is 0 Å². The number of benzene rings is 1. The van der Waals surface area contributed by atoms with E-state index in [1.54, 1.807) is 11.8 Å². The van der Waals surface area contributed by atoms with Crippen molar-refractivity contribution in [3.05, 3.63) is 46.5 Å². The lowest BCUT2D eigenvalue weighted by Crippen LogP contribution is -2.13. The predicted octanol–water partition coefficient (Wildman–Crippen LogP) is 4.53. The number of ketones is 1. The van der Waals surface area contributed by atoms with Crippen molar-refractivity contribution in [2.24, 2.45) is 5.92 Å². The molecule has 1 fully saturated rings. The predicted molar refractivity (Wildman–Crippen MR) is 107 cm³/mol. The average molecular weight is 406 g/mol. The van der Waals surface area contributed by atoms with E-state index in [9.17, 15) is 14.7 Å². The van der Waals surface area contributed by atoms with Gasteiger partial charge >= 0.3 is 5.97 Å². The number of thioether (sulfide) groups is 1. The Kier molecular flexibility index (Phi) is 6.68. The summed E-state index contributed by atoms with van der Waals surface area (Å²) in [5.74, 6) is 0.372. The number of carboxylic acid groups (broad SMARTS) is 1. The molecule has 3 atom stereocenters. The lowest BCUT2D eigenvalue weighted by Gasteiger charge is -2.19. The van der Waals surface area contributed by atoms with E-state index in [1.807, 2.05) is 31.2 Å². The molecule has 7 heteroatoms. The molecule has 2 aromatic rings. The number of aromatic nitrogens is 1. The molecule has 1 aromatic carbocycles. The first kappa shape index (κ1) is 20.0. The van der Waals surface area contributed by atoms with Gasteiger partial charge in [0.25, 0.3) is 0 Å². The van der Waals surface area contributed by atoms with Crippen LogP contribution in [-0.4, -0.2) is 32.7 Å². The number of thiazole rings is 1. The number of aliphatic hydroxyl groups excluding tert-OH is 1. The number of carboxylic acids is 1. The van der Waals surface area contributed by atoms with Gasteiger partial charge in [-0.3, -0.25) is 4.79 Å². The second kappa shape index (κ2) is 8.99. The molecule has 2 N–H and O–H groups in total. The van der Waals surface area contributed by atoms with Crippen molar-refractivity contribution < 1.29 is 19.8 Å². The van der Waals surface area contributed by atoms with Crippen LogP contribution in [0.15, 0.2) is 34.8 Å². The minimum atomic E-state index is -0.947.